The second-order valence-corrected chi connectivity index (χ2v) is 6.20. The summed E-state index contributed by atoms with van der Waals surface area (Å²) in [4.78, 5) is 26.5. The van der Waals surface area contributed by atoms with Gasteiger partial charge in [-0.15, -0.1) is 0 Å². The van der Waals surface area contributed by atoms with Crippen LogP contribution in [0.3, 0.4) is 0 Å². The molecule has 0 saturated carbocycles. The summed E-state index contributed by atoms with van der Waals surface area (Å²) in [6.07, 6.45) is 0.338. The van der Waals surface area contributed by atoms with Crippen molar-refractivity contribution in [3.63, 3.8) is 0 Å². The number of hydrogen-bond donors (Lipinski definition) is 1. The number of amides is 2. The molecule has 5 heteroatoms. The molecule has 0 radical (unpaired) electrons. The predicted octanol–water partition coefficient (Wildman–Crippen LogP) is 3.77. The van der Waals surface area contributed by atoms with E-state index in [-0.39, 0.29) is 11.8 Å². The van der Waals surface area contributed by atoms with Gasteiger partial charge < -0.3 is 15.0 Å². The normalized spacial score (nSPS) is 16.2. The van der Waals surface area contributed by atoms with Crippen LogP contribution in [0.5, 0.6) is 5.75 Å². The zero-order valence-electron chi connectivity index (χ0n) is 14.7. The van der Waals surface area contributed by atoms with E-state index in [1.807, 2.05) is 38.1 Å². The predicted molar refractivity (Wildman–Crippen MR) is 98.3 cm³/mol. The van der Waals surface area contributed by atoms with Crippen molar-refractivity contribution in [1.29, 1.82) is 0 Å². The molecule has 0 saturated heterocycles. The molecule has 1 N–H and O–H groups in total. The first kappa shape index (κ1) is 17.0. The number of carbonyl (C=O) groups excluding carboxylic acids is 2. The van der Waals surface area contributed by atoms with Crippen LogP contribution in [0, 0.1) is 6.92 Å². The first-order valence-corrected chi connectivity index (χ1v) is 8.50. The molecule has 1 aliphatic rings. The molecule has 2 aromatic rings. The molecule has 130 valence electrons. The number of nitrogens with one attached hydrogen (secondary N) is 1. The van der Waals surface area contributed by atoms with Crippen molar-refractivity contribution in [1.82, 2.24) is 0 Å². The molecule has 1 unspecified atom stereocenters. The van der Waals surface area contributed by atoms with Gasteiger partial charge in [-0.25, -0.2) is 0 Å². The summed E-state index contributed by atoms with van der Waals surface area (Å²) in [5, 5.41) is 2.90. The summed E-state index contributed by atoms with van der Waals surface area (Å²) in [5.74, 6) is 0.414. The van der Waals surface area contributed by atoms with Crippen molar-refractivity contribution in [2.24, 2.45) is 0 Å². The number of ether oxygens (including phenoxy) is 1. The summed E-state index contributed by atoms with van der Waals surface area (Å²) in [5.41, 5.74) is 2.95. The Kier molecular flexibility index (Phi) is 4.74. The lowest BCUT2D eigenvalue weighted by Crippen LogP contribution is -2.44. The third-order valence-electron chi connectivity index (χ3n) is 4.26. The monoisotopic (exact) mass is 338 g/mol. The van der Waals surface area contributed by atoms with Gasteiger partial charge in [-0.3, -0.25) is 9.59 Å². The fourth-order valence-corrected chi connectivity index (χ4v) is 2.97. The number of anilines is 2. The van der Waals surface area contributed by atoms with Crippen LogP contribution in [0.15, 0.2) is 42.5 Å². The van der Waals surface area contributed by atoms with Gasteiger partial charge in [-0.1, -0.05) is 25.1 Å². The molecule has 0 fully saturated rings. The molecule has 3 rings (SSSR count). The molecular formula is C20H22N2O3. The number of hydrogen-bond acceptors (Lipinski definition) is 3. The van der Waals surface area contributed by atoms with Crippen LogP contribution in [0.4, 0.5) is 11.4 Å². The minimum Gasteiger partial charge on any atom is -0.479 e. The number of fused-ring (bicyclic) bond motifs is 1. The average Bonchev–Trinajstić information content (AvgIpc) is 2.59. The summed E-state index contributed by atoms with van der Waals surface area (Å²) in [6.45, 7) is 6.33. The van der Waals surface area contributed by atoms with Crippen molar-refractivity contribution < 1.29 is 14.3 Å². The van der Waals surface area contributed by atoms with Crippen LogP contribution in [-0.2, 0) is 4.79 Å². The molecule has 25 heavy (non-hydrogen) atoms. The quantitative estimate of drug-likeness (QED) is 0.923. The van der Waals surface area contributed by atoms with Gasteiger partial charge in [0, 0.05) is 23.9 Å². The molecule has 2 amide bonds. The van der Waals surface area contributed by atoms with E-state index in [1.54, 1.807) is 30.0 Å². The maximum absolute atomic E-state index is 12.5. The molecule has 0 aliphatic carbocycles. The Morgan fingerprint density at radius 3 is 2.72 bits per heavy atom. The third kappa shape index (κ3) is 3.36. The Bertz CT molecular complexity index is 816. The van der Waals surface area contributed by atoms with E-state index in [4.69, 9.17) is 4.74 Å². The summed E-state index contributed by atoms with van der Waals surface area (Å²) in [6, 6.07) is 12.8. The second kappa shape index (κ2) is 6.97. The van der Waals surface area contributed by atoms with Crippen LogP contribution in [0.1, 0.15) is 36.2 Å². The maximum atomic E-state index is 12.5. The highest BCUT2D eigenvalue weighted by atomic mass is 16.5. The third-order valence-corrected chi connectivity index (χ3v) is 4.26. The highest BCUT2D eigenvalue weighted by Gasteiger charge is 2.31. The van der Waals surface area contributed by atoms with E-state index in [2.05, 4.69) is 5.32 Å². The Balaban J connectivity index is 1.86. The van der Waals surface area contributed by atoms with Crippen molar-refractivity contribution >= 4 is 23.2 Å². The van der Waals surface area contributed by atoms with Gasteiger partial charge in [0.1, 0.15) is 5.75 Å². The molecule has 5 nitrogen and oxygen atoms in total. The topological polar surface area (TPSA) is 58.6 Å². The zero-order valence-corrected chi connectivity index (χ0v) is 14.7. The molecular weight excluding hydrogens is 316 g/mol. The van der Waals surface area contributed by atoms with Gasteiger partial charge >= 0.3 is 0 Å². The van der Waals surface area contributed by atoms with Crippen molar-refractivity contribution in [3.8, 4) is 5.75 Å². The zero-order chi connectivity index (χ0) is 18.0. The van der Waals surface area contributed by atoms with Gasteiger partial charge in [-0.05, 0) is 44.0 Å². The number of carbonyl (C=O) groups is 2. The van der Waals surface area contributed by atoms with Crippen molar-refractivity contribution in [3.05, 3.63) is 53.6 Å². The number of nitrogens with zero attached hydrogens (tertiary/aromatic N) is 1. The standard InChI is InChI=1S/C20H22N2O3/c1-4-11-22-17-10-9-15(12-18(17)25-14(3)20(22)24)21-19(23)16-8-6-5-7-13(16)2/h5-10,12,14H,4,11H2,1-3H3,(H,21,23). The Labute approximate surface area is 147 Å². The van der Waals surface area contributed by atoms with Crippen molar-refractivity contribution in [2.45, 2.75) is 33.3 Å². The van der Waals surface area contributed by atoms with E-state index in [1.165, 1.54) is 0 Å². The fraction of sp³-hybridized carbons (Fsp3) is 0.300. The Morgan fingerprint density at radius 2 is 2.00 bits per heavy atom. The van der Waals surface area contributed by atoms with Crippen LogP contribution < -0.4 is 15.0 Å². The first-order valence-electron chi connectivity index (χ1n) is 8.50. The van der Waals surface area contributed by atoms with Crippen LogP contribution in [0.25, 0.3) is 0 Å². The maximum Gasteiger partial charge on any atom is 0.267 e. The molecule has 1 atom stereocenters. The fourth-order valence-electron chi connectivity index (χ4n) is 2.97. The highest BCUT2D eigenvalue weighted by Crippen LogP contribution is 2.36. The number of rotatable bonds is 4. The molecule has 1 aliphatic heterocycles. The molecule has 0 aromatic heterocycles. The minimum absolute atomic E-state index is 0.0361. The average molecular weight is 338 g/mol. The number of benzene rings is 2. The smallest absolute Gasteiger partial charge is 0.267 e. The lowest BCUT2D eigenvalue weighted by atomic mass is 10.1. The van der Waals surface area contributed by atoms with Gasteiger partial charge in [0.15, 0.2) is 6.10 Å². The summed E-state index contributed by atoms with van der Waals surface area (Å²) >= 11 is 0. The van der Waals surface area contributed by atoms with Crippen LogP contribution in [0.2, 0.25) is 0 Å². The molecule has 1 heterocycles. The SMILES string of the molecule is CCCN1C(=O)C(C)Oc2cc(NC(=O)c3ccccc3C)ccc21. The van der Waals surface area contributed by atoms with Gasteiger partial charge in [0.05, 0.1) is 5.69 Å². The van der Waals surface area contributed by atoms with E-state index in [9.17, 15) is 9.59 Å². The van der Waals surface area contributed by atoms with Gasteiger partial charge in [-0.2, -0.15) is 0 Å². The van der Waals surface area contributed by atoms with E-state index < -0.39 is 6.10 Å². The van der Waals surface area contributed by atoms with E-state index in [0.29, 0.717) is 23.5 Å². The molecule has 0 spiro atoms. The lowest BCUT2D eigenvalue weighted by molar-refractivity contribution is -0.125. The van der Waals surface area contributed by atoms with Gasteiger partial charge in [0.25, 0.3) is 11.8 Å². The summed E-state index contributed by atoms with van der Waals surface area (Å²) < 4.78 is 5.73. The Morgan fingerprint density at radius 1 is 1.24 bits per heavy atom. The van der Waals surface area contributed by atoms with E-state index in [0.717, 1.165) is 17.7 Å². The first-order chi connectivity index (χ1) is 12.0. The van der Waals surface area contributed by atoms with Crippen molar-refractivity contribution in [2.75, 3.05) is 16.8 Å². The summed E-state index contributed by atoms with van der Waals surface area (Å²) in [7, 11) is 0. The highest BCUT2D eigenvalue weighted by molar-refractivity contribution is 6.06. The largest absolute Gasteiger partial charge is 0.479 e. The van der Waals surface area contributed by atoms with Crippen LogP contribution in [-0.4, -0.2) is 24.5 Å². The van der Waals surface area contributed by atoms with E-state index >= 15 is 0 Å². The lowest BCUT2D eigenvalue weighted by Gasteiger charge is -2.33. The number of aryl methyl sites for hydroxylation is 1. The molecule has 2 aromatic carbocycles. The van der Waals surface area contributed by atoms with Crippen LogP contribution >= 0.6 is 0 Å². The second-order valence-electron chi connectivity index (χ2n) is 6.20. The van der Waals surface area contributed by atoms with Gasteiger partial charge in [0.2, 0.25) is 0 Å². The minimum atomic E-state index is -0.527. The molecule has 0 bridgehead atoms. The Hall–Kier alpha value is -2.82.